The van der Waals surface area contributed by atoms with E-state index in [2.05, 4.69) is 15.5 Å². The molecule has 3 aromatic rings. The molecule has 1 amide bonds. The first-order valence-corrected chi connectivity index (χ1v) is 8.45. The summed E-state index contributed by atoms with van der Waals surface area (Å²) in [6, 6.07) is 14.0. The van der Waals surface area contributed by atoms with Crippen LogP contribution in [0, 0.1) is 0 Å². The first-order valence-electron chi connectivity index (χ1n) is 8.45. The van der Waals surface area contributed by atoms with Gasteiger partial charge in [0.25, 0.3) is 5.91 Å². The van der Waals surface area contributed by atoms with Crippen LogP contribution in [0.15, 0.2) is 54.9 Å². The number of nitrogens with zero attached hydrogens (tertiary/aromatic N) is 5. The molecule has 9 heteroatoms. The van der Waals surface area contributed by atoms with Gasteiger partial charge in [-0.25, -0.2) is 9.48 Å². The van der Waals surface area contributed by atoms with Crippen LogP contribution in [0.1, 0.15) is 15.9 Å². The molecule has 0 aliphatic carbocycles. The minimum absolute atomic E-state index is 0.315. The fraction of sp³-hybridized carbons (Fsp3) is 0.211. The summed E-state index contributed by atoms with van der Waals surface area (Å²) in [4.78, 5) is 25.9. The van der Waals surface area contributed by atoms with Gasteiger partial charge < -0.3 is 14.4 Å². The molecule has 0 saturated carbocycles. The van der Waals surface area contributed by atoms with E-state index >= 15 is 0 Å². The van der Waals surface area contributed by atoms with Crippen molar-refractivity contribution >= 4 is 11.9 Å². The van der Waals surface area contributed by atoms with Crippen molar-refractivity contribution in [1.82, 2.24) is 25.1 Å². The minimum atomic E-state index is -0.581. The molecule has 28 heavy (non-hydrogen) atoms. The Balaban J connectivity index is 1.54. The number of carbonyl (C=O) groups excluding carboxylic acids is 2. The number of benzene rings is 2. The number of para-hydroxylation sites is 1. The zero-order valence-electron chi connectivity index (χ0n) is 15.5. The summed E-state index contributed by atoms with van der Waals surface area (Å²) in [5.41, 5.74) is 1.90. The predicted octanol–water partition coefficient (Wildman–Crippen LogP) is 1.49. The van der Waals surface area contributed by atoms with Crippen LogP contribution in [0.3, 0.4) is 0 Å². The van der Waals surface area contributed by atoms with Crippen LogP contribution in [-0.2, 0) is 16.1 Å². The van der Waals surface area contributed by atoms with Gasteiger partial charge in [-0.1, -0.05) is 18.2 Å². The first-order chi connectivity index (χ1) is 13.6. The molecule has 0 saturated heterocycles. The number of ether oxygens (including phenoxy) is 2. The van der Waals surface area contributed by atoms with E-state index in [9.17, 15) is 9.59 Å². The monoisotopic (exact) mass is 381 g/mol. The molecule has 3 rings (SSSR count). The molecule has 0 unspecified atom stereocenters. The van der Waals surface area contributed by atoms with Crippen LogP contribution >= 0.6 is 0 Å². The second-order valence-corrected chi connectivity index (χ2v) is 5.94. The normalized spacial score (nSPS) is 10.4. The molecule has 144 valence electrons. The number of esters is 1. The van der Waals surface area contributed by atoms with Crippen molar-refractivity contribution in [2.75, 3.05) is 20.8 Å². The molecule has 0 spiro atoms. The van der Waals surface area contributed by atoms with E-state index < -0.39 is 5.97 Å². The topological polar surface area (TPSA) is 99.4 Å². The lowest BCUT2D eigenvalue weighted by molar-refractivity contribution is -0.133. The maximum Gasteiger partial charge on any atom is 0.338 e. The molecule has 2 aromatic carbocycles. The number of carbonyl (C=O) groups is 2. The standard InChI is InChI=1S/C19H19N5O4/c1-23(11-15-5-3-4-6-17(15)27-2)18(25)12-28-19(26)14-7-9-16(10-8-14)24-13-20-21-22-24/h3-10,13H,11-12H2,1-2H3. The third kappa shape index (κ3) is 4.50. The van der Waals surface area contributed by atoms with Crippen molar-refractivity contribution in [1.29, 1.82) is 0 Å². The maximum atomic E-state index is 12.3. The zero-order chi connectivity index (χ0) is 19.9. The van der Waals surface area contributed by atoms with Crippen LogP contribution in [0.4, 0.5) is 0 Å². The summed E-state index contributed by atoms with van der Waals surface area (Å²) in [5, 5.41) is 10.9. The van der Waals surface area contributed by atoms with Crippen molar-refractivity contribution in [3.8, 4) is 11.4 Å². The lowest BCUT2D eigenvalue weighted by Crippen LogP contribution is -2.31. The zero-order valence-corrected chi connectivity index (χ0v) is 15.5. The minimum Gasteiger partial charge on any atom is -0.496 e. The van der Waals surface area contributed by atoms with E-state index in [-0.39, 0.29) is 12.5 Å². The number of hydrogen-bond donors (Lipinski definition) is 0. The van der Waals surface area contributed by atoms with Crippen LogP contribution in [0.5, 0.6) is 5.75 Å². The highest BCUT2D eigenvalue weighted by atomic mass is 16.5. The molecule has 1 heterocycles. The van der Waals surface area contributed by atoms with Crippen LogP contribution in [0.25, 0.3) is 5.69 Å². The quantitative estimate of drug-likeness (QED) is 0.572. The van der Waals surface area contributed by atoms with Gasteiger partial charge in [-0.15, -0.1) is 5.10 Å². The summed E-state index contributed by atoms with van der Waals surface area (Å²) in [5.74, 6) is -0.200. The lowest BCUT2D eigenvalue weighted by atomic mass is 10.2. The highest BCUT2D eigenvalue weighted by Crippen LogP contribution is 2.18. The van der Waals surface area contributed by atoms with Gasteiger partial charge in [0.05, 0.1) is 18.4 Å². The van der Waals surface area contributed by atoms with Crippen molar-refractivity contribution in [3.63, 3.8) is 0 Å². The molecule has 0 aliphatic rings. The Morgan fingerprint density at radius 2 is 1.86 bits per heavy atom. The molecule has 0 aliphatic heterocycles. The van der Waals surface area contributed by atoms with E-state index in [0.717, 1.165) is 5.56 Å². The Bertz CT molecular complexity index is 941. The second kappa shape index (κ2) is 8.76. The maximum absolute atomic E-state index is 12.3. The van der Waals surface area contributed by atoms with Crippen molar-refractivity contribution in [2.45, 2.75) is 6.54 Å². The molecule has 0 radical (unpaired) electrons. The average molecular weight is 381 g/mol. The number of methoxy groups -OCH3 is 1. The summed E-state index contributed by atoms with van der Waals surface area (Å²) >= 11 is 0. The molecular weight excluding hydrogens is 362 g/mol. The number of likely N-dealkylation sites (N-methyl/N-ethyl adjacent to an activating group) is 1. The van der Waals surface area contributed by atoms with Crippen LogP contribution in [-0.4, -0.2) is 57.7 Å². The molecule has 9 nitrogen and oxygen atoms in total. The largest absolute Gasteiger partial charge is 0.496 e. The fourth-order valence-electron chi connectivity index (χ4n) is 2.53. The van der Waals surface area contributed by atoms with Gasteiger partial charge >= 0.3 is 5.97 Å². The Morgan fingerprint density at radius 3 is 2.54 bits per heavy atom. The van der Waals surface area contributed by atoms with Crippen molar-refractivity contribution < 1.29 is 19.1 Å². The molecular formula is C19H19N5O4. The second-order valence-electron chi connectivity index (χ2n) is 5.94. The average Bonchev–Trinajstić information content (AvgIpc) is 3.27. The Labute approximate surface area is 161 Å². The summed E-state index contributed by atoms with van der Waals surface area (Å²) in [6.45, 7) is 0.000263. The smallest absolute Gasteiger partial charge is 0.338 e. The Morgan fingerprint density at radius 1 is 1.11 bits per heavy atom. The molecule has 0 N–H and O–H groups in total. The highest BCUT2D eigenvalue weighted by molar-refractivity contribution is 5.91. The van der Waals surface area contributed by atoms with Gasteiger partial charge in [-0.05, 0) is 40.8 Å². The number of aromatic nitrogens is 4. The molecule has 0 atom stereocenters. The molecule has 0 bridgehead atoms. The van der Waals surface area contributed by atoms with Crippen LogP contribution < -0.4 is 4.74 Å². The summed E-state index contributed by atoms with van der Waals surface area (Å²) in [7, 11) is 3.22. The number of tetrazole rings is 1. The SMILES string of the molecule is COc1ccccc1CN(C)C(=O)COC(=O)c1ccc(-n2cnnn2)cc1. The van der Waals surface area contributed by atoms with Crippen molar-refractivity contribution in [3.05, 3.63) is 66.0 Å². The van der Waals surface area contributed by atoms with E-state index in [1.807, 2.05) is 24.3 Å². The molecule has 1 aromatic heterocycles. The van der Waals surface area contributed by atoms with Crippen LogP contribution in [0.2, 0.25) is 0 Å². The number of hydrogen-bond acceptors (Lipinski definition) is 7. The number of rotatable bonds is 7. The Hall–Kier alpha value is -3.75. The first kappa shape index (κ1) is 19.0. The van der Waals surface area contributed by atoms with Gasteiger partial charge in [0.15, 0.2) is 6.61 Å². The van der Waals surface area contributed by atoms with E-state index in [4.69, 9.17) is 9.47 Å². The summed E-state index contributed by atoms with van der Waals surface area (Å²) in [6.07, 6.45) is 1.45. The van der Waals surface area contributed by atoms with Gasteiger partial charge in [-0.2, -0.15) is 0 Å². The summed E-state index contributed by atoms with van der Waals surface area (Å²) < 4.78 is 11.9. The third-order valence-corrected chi connectivity index (χ3v) is 4.07. The van der Waals surface area contributed by atoms with Gasteiger partial charge in [-0.3, -0.25) is 4.79 Å². The van der Waals surface area contributed by atoms with Crippen molar-refractivity contribution in [2.24, 2.45) is 0 Å². The van der Waals surface area contributed by atoms with E-state index in [1.165, 1.54) is 15.9 Å². The lowest BCUT2D eigenvalue weighted by Gasteiger charge is -2.18. The third-order valence-electron chi connectivity index (χ3n) is 4.07. The molecule has 0 fully saturated rings. The van der Waals surface area contributed by atoms with Gasteiger partial charge in [0.2, 0.25) is 0 Å². The fourth-order valence-corrected chi connectivity index (χ4v) is 2.53. The van der Waals surface area contributed by atoms with Gasteiger partial charge in [0.1, 0.15) is 12.1 Å². The van der Waals surface area contributed by atoms with E-state index in [0.29, 0.717) is 23.5 Å². The van der Waals surface area contributed by atoms with E-state index in [1.54, 1.807) is 38.4 Å². The number of amides is 1. The Kier molecular flexibility index (Phi) is 5.95. The highest BCUT2D eigenvalue weighted by Gasteiger charge is 2.15. The van der Waals surface area contributed by atoms with Gasteiger partial charge in [0, 0.05) is 19.2 Å². The predicted molar refractivity (Wildman–Crippen MR) is 98.9 cm³/mol.